The van der Waals surface area contributed by atoms with Crippen LogP contribution < -0.4 is 21.4 Å². The summed E-state index contributed by atoms with van der Waals surface area (Å²) in [5.74, 6) is 0.307. The summed E-state index contributed by atoms with van der Waals surface area (Å²) in [7, 11) is -3.01. The van der Waals surface area contributed by atoms with Crippen LogP contribution in [0.5, 0.6) is 0 Å². The highest BCUT2D eigenvalue weighted by atomic mass is 32.3. The number of nitrogens with two attached hydrogens (primary N) is 2. The van der Waals surface area contributed by atoms with Gasteiger partial charge in [0.2, 0.25) is 0 Å². The molecule has 8 nitrogen and oxygen atoms in total. The Kier molecular flexibility index (Phi) is 9.05. The molecular weight excluding hydrogens is 236 g/mol. The highest BCUT2D eigenvalue weighted by molar-refractivity contribution is 7.79. The highest BCUT2D eigenvalue weighted by Gasteiger charge is 2.04. The van der Waals surface area contributed by atoms with Crippen LogP contribution in [0.3, 0.4) is 0 Å². The zero-order valence-electron chi connectivity index (χ0n) is 9.69. The van der Waals surface area contributed by atoms with Crippen molar-refractivity contribution < 1.29 is 27.4 Å². The molecule has 16 heavy (non-hydrogen) atoms. The van der Waals surface area contributed by atoms with Crippen LogP contribution in [0.1, 0.15) is 13.8 Å². The molecule has 1 atom stereocenters. The Hall–Kier alpha value is -0.900. The maximum absolute atomic E-state index is 8.52. The molecule has 0 spiro atoms. The number of hydrogen-bond acceptors (Lipinski definition) is 4. The van der Waals surface area contributed by atoms with Crippen molar-refractivity contribution in [3.05, 3.63) is 0 Å². The third kappa shape index (κ3) is 23.2. The predicted octanol–water partition coefficient (Wildman–Crippen LogP) is -5.07. The van der Waals surface area contributed by atoms with Crippen LogP contribution in [-0.2, 0) is 10.4 Å². The van der Waals surface area contributed by atoms with Crippen molar-refractivity contribution >= 4 is 16.4 Å². The van der Waals surface area contributed by atoms with Gasteiger partial charge in [-0.25, -0.2) is 0 Å². The zero-order valence-corrected chi connectivity index (χ0v) is 10.5. The minimum absolute atomic E-state index is 0.307. The number of likely N-dealkylation sites (N-methyl/N-ethyl adjacent to an activating group) is 1. The number of nitrogens with one attached hydrogen (secondary N) is 2. The van der Waals surface area contributed by atoms with Crippen LogP contribution in [0.4, 0.5) is 0 Å². The fourth-order valence-corrected chi connectivity index (χ4v) is 0.693. The van der Waals surface area contributed by atoms with E-state index in [0.29, 0.717) is 12.0 Å². The van der Waals surface area contributed by atoms with Gasteiger partial charge in [-0.2, -0.15) is 0 Å². The summed E-state index contributed by atoms with van der Waals surface area (Å²) in [5, 5.41) is 0. The van der Waals surface area contributed by atoms with Gasteiger partial charge >= 0.3 is 5.96 Å². The van der Waals surface area contributed by atoms with Crippen LogP contribution in [0.15, 0.2) is 0 Å². The maximum Gasteiger partial charge on any atom is 0.338 e. The van der Waals surface area contributed by atoms with Gasteiger partial charge in [-0.05, 0) is 13.8 Å². The second-order valence-corrected chi connectivity index (χ2v) is 4.36. The van der Waals surface area contributed by atoms with E-state index in [9.17, 15) is 0 Å². The molecule has 0 aliphatic heterocycles. The van der Waals surface area contributed by atoms with Gasteiger partial charge < -0.3 is 14.0 Å². The van der Waals surface area contributed by atoms with Crippen LogP contribution in [0, 0.1) is 0 Å². The van der Waals surface area contributed by atoms with E-state index in [4.69, 9.17) is 29.0 Å². The highest BCUT2D eigenvalue weighted by Crippen LogP contribution is 1.62. The second-order valence-electron chi connectivity index (χ2n) is 3.54. The summed E-state index contributed by atoms with van der Waals surface area (Å²) in [6.45, 7) is 6.25. The lowest BCUT2D eigenvalue weighted by Crippen LogP contribution is -3.14. The molecule has 0 heterocycles. The number of hydrogen-bond donors (Lipinski definition) is 4. The molecule has 0 aromatic rings. The zero-order chi connectivity index (χ0) is 13.4. The number of guanidine groups is 1. The first kappa shape index (κ1) is 17.5. The minimum Gasteiger partial charge on any atom is -0.759 e. The van der Waals surface area contributed by atoms with Crippen molar-refractivity contribution in [3.63, 3.8) is 0 Å². The fraction of sp³-hybridized carbons (Fsp3) is 0.857. The summed E-state index contributed by atoms with van der Waals surface area (Å²) in [6, 6.07) is 0.649. The molecule has 0 saturated heterocycles. The smallest absolute Gasteiger partial charge is 0.338 e. The van der Waals surface area contributed by atoms with E-state index in [2.05, 4.69) is 25.9 Å². The molecule has 0 fully saturated rings. The molecule has 1 unspecified atom stereocenters. The van der Waals surface area contributed by atoms with Gasteiger partial charge in [0.25, 0.3) is 0 Å². The molecule has 0 radical (unpaired) electrons. The Morgan fingerprint density at radius 1 is 1.38 bits per heavy atom. The average Bonchev–Trinajstić information content (AvgIpc) is 1.99. The van der Waals surface area contributed by atoms with E-state index in [-0.39, 0.29) is 0 Å². The van der Waals surface area contributed by atoms with Crippen molar-refractivity contribution in [1.29, 1.82) is 0 Å². The largest absolute Gasteiger partial charge is 0.759 e. The second kappa shape index (κ2) is 8.28. The molecule has 0 amide bonds. The van der Waals surface area contributed by atoms with Gasteiger partial charge in [0.1, 0.15) is 13.1 Å². The monoisotopic (exact) mass is 256 g/mol. The predicted molar refractivity (Wildman–Crippen MR) is 56.6 cm³/mol. The Morgan fingerprint density at radius 2 is 1.75 bits per heavy atom. The molecule has 0 rings (SSSR count). The lowest BCUT2D eigenvalue weighted by Gasteiger charge is -2.16. The van der Waals surface area contributed by atoms with Gasteiger partial charge in [-0.15, -0.1) is 0 Å². The van der Waals surface area contributed by atoms with Gasteiger partial charge in [0, 0.05) is 10.4 Å². The first-order chi connectivity index (χ1) is 7.04. The molecule has 0 aliphatic rings. The standard InChI is InChI=1S/C7H18N4.H2O4S/c1-6(2)11(3)5-4-10-7(8)9;1-5(2,3)4/h6H,4-5H2,1-3H3,(H4,8,9,10);(H2,1,2,3,4). The van der Waals surface area contributed by atoms with Crippen molar-refractivity contribution in [1.82, 2.24) is 0 Å². The van der Waals surface area contributed by atoms with Crippen molar-refractivity contribution in [3.8, 4) is 0 Å². The Bertz CT molecular complexity index is 290. The van der Waals surface area contributed by atoms with E-state index in [1.807, 2.05) is 0 Å². The van der Waals surface area contributed by atoms with Crippen LogP contribution >= 0.6 is 0 Å². The molecule has 0 bridgehead atoms. The molecule has 0 saturated carbocycles. The van der Waals surface area contributed by atoms with Gasteiger partial charge in [0.05, 0.1) is 13.1 Å². The van der Waals surface area contributed by atoms with Gasteiger partial charge in [-0.3, -0.25) is 24.9 Å². The van der Waals surface area contributed by atoms with Crippen LogP contribution in [-0.4, -0.2) is 49.7 Å². The molecule has 98 valence electrons. The number of rotatable bonds is 4. The van der Waals surface area contributed by atoms with Crippen molar-refractivity contribution in [2.24, 2.45) is 11.5 Å². The minimum atomic E-state index is -5.17. The van der Waals surface area contributed by atoms with E-state index < -0.39 is 10.4 Å². The molecule has 0 aromatic carbocycles. The Balaban J connectivity index is 0. The molecular formula is C7H20N4O4S. The summed E-state index contributed by atoms with van der Waals surface area (Å²) >= 11 is 0. The maximum atomic E-state index is 8.52. The Morgan fingerprint density at radius 3 is 2.00 bits per heavy atom. The van der Waals surface area contributed by atoms with E-state index in [1.54, 1.807) is 0 Å². The fourth-order valence-electron chi connectivity index (χ4n) is 0.693. The lowest BCUT2D eigenvalue weighted by atomic mass is 10.3. The van der Waals surface area contributed by atoms with Gasteiger partial charge in [0.15, 0.2) is 0 Å². The third-order valence-corrected chi connectivity index (χ3v) is 1.83. The third-order valence-electron chi connectivity index (χ3n) is 1.83. The average molecular weight is 256 g/mol. The first-order valence-corrected chi connectivity index (χ1v) is 5.98. The number of quaternary nitrogens is 1. The van der Waals surface area contributed by atoms with Crippen LogP contribution in [0.25, 0.3) is 0 Å². The summed E-state index contributed by atoms with van der Waals surface area (Å²) < 4.78 is 34.1. The molecule has 0 aromatic heterocycles. The van der Waals surface area contributed by atoms with Crippen molar-refractivity contribution in [2.45, 2.75) is 19.9 Å². The topological polar surface area (TPSA) is 151 Å². The summed E-state index contributed by atoms with van der Waals surface area (Å²) in [6.07, 6.45) is 0. The summed E-state index contributed by atoms with van der Waals surface area (Å²) in [4.78, 5) is 4.35. The van der Waals surface area contributed by atoms with E-state index in [1.165, 1.54) is 4.90 Å². The molecule has 9 heteroatoms. The Labute approximate surface area is 95.9 Å². The van der Waals surface area contributed by atoms with Crippen LogP contribution in [0.2, 0.25) is 0 Å². The normalized spacial score (nSPS) is 12.6. The quantitative estimate of drug-likeness (QED) is 0.171. The lowest BCUT2D eigenvalue weighted by molar-refractivity contribution is -0.908. The molecule has 6 N–H and O–H groups in total. The first-order valence-electron chi connectivity index (χ1n) is 4.64. The van der Waals surface area contributed by atoms with E-state index >= 15 is 0 Å². The molecule has 0 aliphatic carbocycles. The van der Waals surface area contributed by atoms with Crippen molar-refractivity contribution in [2.75, 3.05) is 20.1 Å². The summed E-state index contributed by atoms with van der Waals surface area (Å²) in [5.41, 5.74) is 10.5. The van der Waals surface area contributed by atoms with E-state index in [0.717, 1.165) is 13.1 Å². The van der Waals surface area contributed by atoms with Gasteiger partial charge in [-0.1, -0.05) is 0 Å². The SMILES string of the molecule is CC(C)[NH+](C)CC[NH+]=C(N)N.O=S(=O)([O-])[O-].